The van der Waals surface area contributed by atoms with E-state index in [0.717, 1.165) is 11.3 Å². The van der Waals surface area contributed by atoms with Gasteiger partial charge in [-0.05, 0) is 30.9 Å². The Balaban J connectivity index is 1.49. The van der Waals surface area contributed by atoms with Crippen molar-refractivity contribution in [1.82, 2.24) is 15.2 Å². The summed E-state index contributed by atoms with van der Waals surface area (Å²) in [6, 6.07) is 1.82. The minimum absolute atomic E-state index is 0.158. The monoisotopic (exact) mass is 411 g/mol. The molecule has 0 aliphatic carbocycles. The van der Waals surface area contributed by atoms with Gasteiger partial charge in [0.15, 0.2) is 9.47 Å². The Morgan fingerprint density at radius 3 is 2.64 bits per heavy atom. The maximum Gasteiger partial charge on any atom is 0.267 e. The highest BCUT2D eigenvalue weighted by molar-refractivity contribution is 8.01. The quantitative estimate of drug-likeness (QED) is 0.475. The molecule has 0 aromatic carbocycles. The van der Waals surface area contributed by atoms with E-state index in [-0.39, 0.29) is 17.6 Å². The number of thioether (sulfide) groups is 1. The first kappa shape index (κ1) is 18.0. The van der Waals surface area contributed by atoms with Crippen molar-refractivity contribution in [2.75, 3.05) is 16.4 Å². The molecule has 3 aromatic rings. The highest BCUT2D eigenvalue weighted by atomic mass is 32.2. The Hall–Kier alpha value is -1.82. The first-order valence-electron chi connectivity index (χ1n) is 7.04. The number of nitrogens with one attached hydrogen (secondary N) is 2. The molecule has 11 heteroatoms. The summed E-state index contributed by atoms with van der Waals surface area (Å²) in [6.45, 7) is 3.81. The predicted molar refractivity (Wildman–Crippen MR) is 103 cm³/mol. The molecule has 2 N–H and O–H groups in total. The van der Waals surface area contributed by atoms with Crippen LogP contribution in [0.5, 0.6) is 0 Å². The number of amides is 2. The largest absolute Gasteiger partial charge is 0.301 e. The van der Waals surface area contributed by atoms with Crippen molar-refractivity contribution >= 4 is 67.8 Å². The van der Waals surface area contributed by atoms with Crippen LogP contribution in [0.2, 0.25) is 0 Å². The molecule has 0 bridgehead atoms. The summed E-state index contributed by atoms with van der Waals surface area (Å²) in [5.74, 6) is -0.164. The van der Waals surface area contributed by atoms with Gasteiger partial charge in [0.2, 0.25) is 11.0 Å². The van der Waals surface area contributed by atoms with Crippen molar-refractivity contribution in [3.8, 4) is 0 Å². The average molecular weight is 412 g/mol. The molecule has 130 valence electrons. The van der Waals surface area contributed by atoms with Gasteiger partial charge in [-0.15, -0.1) is 32.9 Å². The number of hydrogen-bond donors (Lipinski definition) is 2. The summed E-state index contributed by atoms with van der Waals surface area (Å²) in [7, 11) is 0. The summed E-state index contributed by atoms with van der Waals surface area (Å²) in [5.41, 5.74) is 1.92. The van der Waals surface area contributed by atoms with E-state index in [1.54, 1.807) is 0 Å². The highest BCUT2D eigenvalue weighted by Crippen LogP contribution is 2.26. The summed E-state index contributed by atoms with van der Waals surface area (Å²) < 4.78 is 0.614. The number of aromatic nitrogens is 3. The second-order valence-electron chi connectivity index (χ2n) is 4.95. The average Bonchev–Trinajstić information content (AvgIpc) is 3.28. The Morgan fingerprint density at radius 1 is 1.12 bits per heavy atom. The number of nitrogens with zero attached hydrogens (tertiary/aromatic N) is 3. The molecule has 0 fully saturated rings. The molecule has 0 aliphatic rings. The smallest absolute Gasteiger partial charge is 0.267 e. The van der Waals surface area contributed by atoms with Crippen molar-refractivity contribution in [2.24, 2.45) is 0 Å². The third kappa shape index (κ3) is 5.08. The lowest BCUT2D eigenvalue weighted by Crippen LogP contribution is -2.13. The minimum Gasteiger partial charge on any atom is -0.301 e. The van der Waals surface area contributed by atoms with Gasteiger partial charge in [-0.1, -0.05) is 23.1 Å². The number of aryl methyl sites for hydroxylation is 2. The van der Waals surface area contributed by atoms with Crippen LogP contribution >= 0.6 is 45.8 Å². The van der Waals surface area contributed by atoms with Crippen molar-refractivity contribution in [3.63, 3.8) is 0 Å². The molecule has 0 saturated carbocycles. The standard InChI is InChI=1S/C14H13N5O2S4/c1-7-3-9(22-4-7)11(21)17-13-18-19-14(25-13)24-6-10(20)16-12-15-8(2)5-23-12/h3-5H,6H2,1-2H3,(H,15,16,20)(H,17,18,21). The summed E-state index contributed by atoms with van der Waals surface area (Å²) in [4.78, 5) is 28.8. The van der Waals surface area contributed by atoms with Gasteiger partial charge < -0.3 is 5.32 Å². The zero-order valence-electron chi connectivity index (χ0n) is 13.2. The lowest BCUT2D eigenvalue weighted by Gasteiger charge is -1.99. The van der Waals surface area contributed by atoms with E-state index in [2.05, 4.69) is 25.8 Å². The number of rotatable bonds is 6. The number of thiazole rings is 1. The third-order valence-corrected chi connectivity index (χ3v) is 6.67. The number of hydrogen-bond acceptors (Lipinski definition) is 9. The molecule has 3 aromatic heterocycles. The fourth-order valence-corrected chi connectivity index (χ4v) is 4.77. The summed E-state index contributed by atoms with van der Waals surface area (Å²) >= 11 is 5.27. The van der Waals surface area contributed by atoms with Crippen LogP contribution in [0.4, 0.5) is 10.3 Å². The van der Waals surface area contributed by atoms with E-state index < -0.39 is 0 Å². The number of carbonyl (C=O) groups is 2. The second-order valence-corrected chi connectivity index (χ2v) is 8.92. The molecule has 7 nitrogen and oxygen atoms in total. The fraction of sp³-hybridized carbons (Fsp3) is 0.214. The Bertz CT molecular complexity index is 901. The fourth-order valence-electron chi connectivity index (χ4n) is 1.72. The van der Waals surface area contributed by atoms with Crippen LogP contribution < -0.4 is 10.6 Å². The molecule has 3 rings (SSSR count). The van der Waals surface area contributed by atoms with Gasteiger partial charge in [0.1, 0.15) is 0 Å². The Morgan fingerprint density at radius 2 is 1.96 bits per heavy atom. The van der Waals surface area contributed by atoms with E-state index in [4.69, 9.17) is 0 Å². The van der Waals surface area contributed by atoms with Crippen LogP contribution in [0.15, 0.2) is 21.2 Å². The molecule has 0 saturated heterocycles. The number of anilines is 2. The van der Waals surface area contributed by atoms with E-state index in [0.29, 0.717) is 19.5 Å². The van der Waals surface area contributed by atoms with E-state index in [1.165, 1.54) is 45.8 Å². The number of thiophene rings is 1. The van der Waals surface area contributed by atoms with Crippen LogP contribution in [-0.4, -0.2) is 32.7 Å². The molecule has 25 heavy (non-hydrogen) atoms. The van der Waals surface area contributed by atoms with Gasteiger partial charge in [-0.25, -0.2) is 4.98 Å². The Kier molecular flexibility index (Phi) is 5.78. The molecule has 3 heterocycles. The van der Waals surface area contributed by atoms with Gasteiger partial charge in [0.05, 0.1) is 16.3 Å². The molecule has 0 radical (unpaired) electrons. The van der Waals surface area contributed by atoms with Gasteiger partial charge in [0, 0.05) is 5.38 Å². The molecule has 0 aliphatic heterocycles. The first-order chi connectivity index (χ1) is 12.0. The molecule has 2 amide bonds. The van der Waals surface area contributed by atoms with Crippen LogP contribution in [0.3, 0.4) is 0 Å². The van der Waals surface area contributed by atoms with Crippen molar-refractivity contribution < 1.29 is 9.59 Å². The molecule has 0 unspecified atom stereocenters. The highest BCUT2D eigenvalue weighted by Gasteiger charge is 2.13. The molecule has 0 spiro atoms. The zero-order chi connectivity index (χ0) is 17.8. The topological polar surface area (TPSA) is 96.9 Å². The van der Waals surface area contributed by atoms with Gasteiger partial charge in [-0.2, -0.15) is 0 Å². The molecular formula is C14H13N5O2S4. The summed E-state index contributed by atoms with van der Waals surface area (Å²) in [6.07, 6.45) is 0. The first-order valence-corrected chi connectivity index (χ1v) is 10.6. The van der Waals surface area contributed by atoms with Gasteiger partial charge in [-0.3, -0.25) is 14.9 Å². The normalized spacial score (nSPS) is 10.6. The minimum atomic E-state index is -0.206. The molecular weight excluding hydrogens is 398 g/mol. The number of carbonyl (C=O) groups excluding carboxylic acids is 2. The maximum absolute atomic E-state index is 12.1. The molecule has 0 atom stereocenters. The van der Waals surface area contributed by atoms with Crippen LogP contribution in [0.1, 0.15) is 20.9 Å². The SMILES string of the molecule is Cc1csc(C(=O)Nc2nnc(SCC(=O)Nc3nc(C)cs3)s2)c1. The van der Waals surface area contributed by atoms with Crippen LogP contribution in [0, 0.1) is 13.8 Å². The lowest BCUT2D eigenvalue weighted by atomic mass is 10.3. The van der Waals surface area contributed by atoms with Gasteiger partial charge in [0.25, 0.3) is 5.91 Å². The summed E-state index contributed by atoms with van der Waals surface area (Å²) in [5, 5.41) is 18.1. The van der Waals surface area contributed by atoms with E-state index in [9.17, 15) is 9.59 Å². The predicted octanol–water partition coefficient (Wildman–Crippen LogP) is 3.66. The van der Waals surface area contributed by atoms with Gasteiger partial charge >= 0.3 is 0 Å². The van der Waals surface area contributed by atoms with Crippen LogP contribution in [-0.2, 0) is 4.79 Å². The lowest BCUT2D eigenvalue weighted by molar-refractivity contribution is -0.113. The van der Waals surface area contributed by atoms with Crippen LogP contribution in [0.25, 0.3) is 0 Å². The van der Waals surface area contributed by atoms with Crippen molar-refractivity contribution in [1.29, 1.82) is 0 Å². The second kappa shape index (κ2) is 8.04. The van der Waals surface area contributed by atoms with E-state index >= 15 is 0 Å². The Labute approximate surface area is 159 Å². The zero-order valence-corrected chi connectivity index (χ0v) is 16.5. The van der Waals surface area contributed by atoms with Crippen molar-refractivity contribution in [2.45, 2.75) is 18.2 Å². The maximum atomic E-state index is 12.1. The van der Waals surface area contributed by atoms with Crippen molar-refractivity contribution in [3.05, 3.63) is 33.0 Å². The third-order valence-electron chi connectivity index (χ3n) is 2.77. The van der Waals surface area contributed by atoms with E-state index in [1.807, 2.05) is 30.7 Å².